The molecule has 2 heterocycles. The Hall–Kier alpha value is -2.39. The smallest absolute Gasteiger partial charge is 0.252 e. The molecule has 9 nitrogen and oxygen atoms in total. The highest BCUT2D eigenvalue weighted by atomic mass is 19.1. The second kappa shape index (κ2) is 9.01. The van der Waals surface area contributed by atoms with E-state index < -0.39 is 11.9 Å². The van der Waals surface area contributed by atoms with Gasteiger partial charge in [0.2, 0.25) is 0 Å². The molecule has 0 spiro atoms. The summed E-state index contributed by atoms with van der Waals surface area (Å²) >= 11 is 0. The SMILES string of the molecule is [N-]=[N+]=Nc1ccc(N2CCN(C(=O)C(O)CN3CCOCC3)CC2)c(F)c1. The zero-order chi connectivity index (χ0) is 19.2. The molecule has 27 heavy (non-hydrogen) atoms. The number of aliphatic hydroxyl groups is 1. The molecule has 1 N–H and O–H groups in total. The molecule has 0 radical (unpaired) electrons. The number of piperazine rings is 1. The van der Waals surface area contributed by atoms with Crippen molar-refractivity contribution in [2.75, 3.05) is 63.9 Å². The molecule has 0 aromatic heterocycles. The molecular weight excluding hydrogens is 355 g/mol. The minimum absolute atomic E-state index is 0.221. The number of nitrogens with zero attached hydrogens (tertiary/aromatic N) is 6. The number of carbonyl (C=O) groups is 1. The van der Waals surface area contributed by atoms with Gasteiger partial charge in [0.1, 0.15) is 11.9 Å². The Morgan fingerprint density at radius 3 is 2.59 bits per heavy atom. The third-order valence-electron chi connectivity index (χ3n) is 4.84. The van der Waals surface area contributed by atoms with Gasteiger partial charge in [0.15, 0.2) is 0 Å². The van der Waals surface area contributed by atoms with Crippen molar-refractivity contribution in [1.29, 1.82) is 0 Å². The lowest BCUT2D eigenvalue weighted by molar-refractivity contribution is -0.142. The third-order valence-corrected chi connectivity index (χ3v) is 4.84. The van der Waals surface area contributed by atoms with Crippen molar-refractivity contribution in [3.05, 3.63) is 34.5 Å². The van der Waals surface area contributed by atoms with Gasteiger partial charge >= 0.3 is 0 Å². The number of carbonyl (C=O) groups excluding carboxylic acids is 1. The van der Waals surface area contributed by atoms with Crippen molar-refractivity contribution in [3.8, 4) is 0 Å². The topological polar surface area (TPSA) is 105 Å². The van der Waals surface area contributed by atoms with Crippen LogP contribution in [0.15, 0.2) is 23.3 Å². The predicted octanol–water partition coefficient (Wildman–Crippen LogP) is 1.11. The van der Waals surface area contributed by atoms with Gasteiger partial charge in [-0.05, 0) is 17.7 Å². The van der Waals surface area contributed by atoms with Gasteiger partial charge in [-0.15, -0.1) is 0 Å². The standard InChI is InChI=1S/C17H23FN6O3/c18-14-11-13(20-21-19)1-2-15(14)23-3-5-24(6-4-23)17(26)16(25)12-22-7-9-27-10-8-22/h1-2,11,16,25H,3-10,12H2. The summed E-state index contributed by atoms with van der Waals surface area (Å²) in [5, 5.41) is 13.6. The highest BCUT2D eigenvalue weighted by Gasteiger charge is 2.28. The largest absolute Gasteiger partial charge is 0.382 e. The number of β-amino-alcohol motifs (C(OH)–C–C–N with tert-alkyl or cyclic N) is 1. The molecule has 10 heteroatoms. The van der Waals surface area contributed by atoms with Crippen molar-refractivity contribution in [1.82, 2.24) is 9.80 Å². The minimum Gasteiger partial charge on any atom is -0.382 e. The number of halogens is 1. The van der Waals surface area contributed by atoms with E-state index in [0.29, 0.717) is 64.7 Å². The van der Waals surface area contributed by atoms with Crippen LogP contribution in [0, 0.1) is 5.82 Å². The molecule has 0 aliphatic carbocycles. The summed E-state index contributed by atoms with van der Waals surface area (Å²) in [6, 6.07) is 4.32. The van der Waals surface area contributed by atoms with Gasteiger partial charge < -0.3 is 19.6 Å². The molecule has 2 aliphatic heterocycles. The van der Waals surface area contributed by atoms with Gasteiger partial charge in [-0.2, -0.15) is 0 Å². The first kappa shape index (κ1) is 19.4. The number of hydrogen-bond donors (Lipinski definition) is 1. The zero-order valence-corrected chi connectivity index (χ0v) is 15.0. The molecule has 0 saturated carbocycles. The molecule has 1 aromatic rings. The molecule has 1 amide bonds. The van der Waals surface area contributed by atoms with Crippen molar-refractivity contribution >= 4 is 17.3 Å². The summed E-state index contributed by atoms with van der Waals surface area (Å²) in [5.41, 5.74) is 9.05. The molecule has 1 atom stereocenters. The fourth-order valence-electron chi connectivity index (χ4n) is 3.35. The first-order chi connectivity index (χ1) is 13.1. The van der Waals surface area contributed by atoms with Crippen LogP contribution in [-0.2, 0) is 9.53 Å². The number of aliphatic hydroxyl groups excluding tert-OH is 1. The van der Waals surface area contributed by atoms with Crippen LogP contribution in [0.1, 0.15) is 0 Å². The third kappa shape index (κ3) is 4.86. The number of anilines is 1. The van der Waals surface area contributed by atoms with Crippen LogP contribution in [0.3, 0.4) is 0 Å². The summed E-state index contributed by atoms with van der Waals surface area (Å²) in [6.45, 7) is 4.71. The maximum Gasteiger partial charge on any atom is 0.252 e. The molecule has 3 rings (SSSR count). The van der Waals surface area contributed by atoms with Crippen LogP contribution in [0.5, 0.6) is 0 Å². The molecule has 0 bridgehead atoms. The number of ether oxygens (including phenoxy) is 1. The van der Waals surface area contributed by atoms with E-state index in [9.17, 15) is 14.3 Å². The maximum atomic E-state index is 14.2. The Balaban J connectivity index is 1.53. The second-order valence-corrected chi connectivity index (χ2v) is 6.57. The summed E-state index contributed by atoms with van der Waals surface area (Å²) in [6.07, 6.45) is -1.06. The Kier molecular flexibility index (Phi) is 6.46. The number of morpholine rings is 1. The first-order valence-electron chi connectivity index (χ1n) is 8.95. The molecule has 2 aliphatic rings. The Labute approximate surface area is 156 Å². The van der Waals surface area contributed by atoms with E-state index in [1.807, 2.05) is 9.80 Å². The van der Waals surface area contributed by atoms with Gasteiger partial charge in [0, 0.05) is 56.4 Å². The Morgan fingerprint density at radius 2 is 1.96 bits per heavy atom. The minimum atomic E-state index is -1.06. The monoisotopic (exact) mass is 378 g/mol. The average Bonchev–Trinajstić information content (AvgIpc) is 2.69. The Morgan fingerprint density at radius 1 is 1.26 bits per heavy atom. The van der Waals surface area contributed by atoms with E-state index in [1.165, 1.54) is 6.07 Å². The lowest BCUT2D eigenvalue weighted by Crippen LogP contribution is -2.54. The maximum absolute atomic E-state index is 14.2. The molecule has 146 valence electrons. The second-order valence-electron chi connectivity index (χ2n) is 6.57. The summed E-state index contributed by atoms with van der Waals surface area (Å²) in [5.74, 6) is -0.757. The summed E-state index contributed by atoms with van der Waals surface area (Å²) < 4.78 is 19.5. The number of azide groups is 1. The van der Waals surface area contributed by atoms with Crippen molar-refractivity contribution < 1.29 is 19.0 Å². The average molecular weight is 378 g/mol. The highest BCUT2D eigenvalue weighted by Crippen LogP contribution is 2.25. The van der Waals surface area contributed by atoms with Crippen LogP contribution in [0.2, 0.25) is 0 Å². The number of rotatable bonds is 5. The van der Waals surface area contributed by atoms with E-state index in [1.54, 1.807) is 17.0 Å². The highest BCUT2D eigenvalue weighted by molar-refractivity contribution is 5.81. The van der Waals surface area contributed by atoms with E-state index in [-0.39, 0.29) is 11.6 Å². The van der Waals surface area contributed by atoms with E-state index in [0.717, 1.165) is 0 Å². The zero-order valence-electron chi connectivity index (χ0n) is 15.0. The number of benzene rings is 1. The predicted molar refractivity (Wildman–Crippen MR) is 97.3 cm³/mol. The summed E-state index contributed by atoms with van der Waals surface area (Å²) in [7, 11) is 0. The van der Waals surface area contributed by atoms with Crippen LogP contribution in [0.25, 0.3) is 10.4 Å². The number of amides is 1. The molecule has 2 saturated heterocycles. The van der Waals surface area contributed by atoms with Crippen LogP contribution >= 0.6 is 0 Å². The quantitative estimate of drug-likeness (QED) is 0.469. The molecule has 2 fully saturated rings. The van der Waals surface area contributed by atoms with E-state index in [4.69, 9.17) is 10.3 Å². The molecule has 1 unspecified atom stereocenters. The van der Waals surface area contributed by atoms with Gasteiger partial charge in [-0.1, -0.05) is 11.2 Å². The first-order valence-corrected chi connectivity index (χ1v) is 8.95. The lowest BCUT2D eigenvalue weighted by atomic mass is 10.2. The van der Waals surface area contributed by atoms with Crippen molar-refractivity contribution in [2.24, 2.45) is 5.11 Å². The summed E-state index contributed by atoms with van der Waals surface area (Å²) in [4.78, 5) is 20.6. The van der Waals surface area contributed by atoms with Gasteiger partial charge in [0.05, 0.1) is 18.9 Å². The van der Waals surface area contributed by atoms with E-state index >= 15 is 0 Å². The van der Waals surface area contributed by atoms with Crippen LogP contribution in [0.4, 0.5) is 15.8 Å². The lowest BCUT2D eigenvalue weighted by Gasteiger charge is -2.37. The number of hydrogen-bond acceptors (Lipinski definition) is 6. The fourth-order valence-corrected chi connectivity index (χ4v) is 3.35. The van der Waals surface area contributed by atoms with Gasteiger partial charge in [-0.3, -0.25) is 9.69 Å². The van der Waals surface area contributed by atoms with Gasteiger partial charge in [-0.25, -0.2) is 4.39 Å². The van der Waals surface area contributed by atoms with Crippen molar-refractivity contribution in [3.63, 3.8) is 0 Å². The van der Waals surface area contributed by atoms with Crippen LogP contribution < -0.4 is 4.90 Å². The van der Waals surface area contributed by atoms with Crippen molar-refractivity contribution in [2.45, 2.75) is 6.10 Å². The molecular formula is C17H23FN6O3. The molecule has 1 aromatic carbocycles. The fraction of sp³-hybridized carbons (Fsp3) is 0.588. The Bertz CT molecular complexity index is 713. The van der Waals surface area contributed by atoms with Crippen LogP contribution in [-0.4, -0.2) is 85.9 Å². The van der Waals surface area contributed by atoms with E-state index in [2.05, 4.69) is 10.0 Å². The normalized spacial score (nSPS) is 19.5. The van der Waals surface area contributed by atoms with Gasteiger partial charge in [0.25, 0.3) is 5.91 Å².